The molecule has 1 aromatic heterocycles. The molecule has 0 fully saturated rings. The molecule has 1 rings (SSSR count). The summed E-state index contributed by atoms with van der Waals surface area (Å²) in [5, 5.41) is 3.01. The van der Waals surface area contributed by atoms with Gasteiger partial charge in [0.25, 0.3) is 0 Å². The van der Waals surface area contributed by atoms with Crippen LogP contribution in [0.1, 0.15) is 20.8 Å². The molecule has 0 unspecified atom stereocenters. The number of hydrogen-bond donors (Lipinski definition) is 1. The third-order valence-corrected chi connectivity index (χ3v) is 1.85. The molecule has 88 valence electrons. The van der Waals surface area contributed by atoms with Crippen LogP contribution in [-0.2, 0) is 9.53 Å². The van der Waals surface area contributed by atoms with Gasteiger partial charge < -0.3 is 10.1 Å². The summed E-state index contributed by atoms with van der Waals surface area (Å²) in [7, 11) is 0. The van der Waals surface area contributed by atoms with Gasteiger partial charge in [0, 0.05) is 11.9 Å². The zero-order valence-corrected chi connectivity index (χ0v) is 10.3. The molecule has 0 saturated heterocycles. The number of hydrogen-bond acceptors (Lipinski definition) is 3. The van der Waals surface area contributed by atoms with Crippen LogP contribution >= 0.6 is 11.6 Å². The molecule has 0 aliphatic carbocycles. The lowest BCUT2D eigenvalue weighted by Gasteiger charge is -2.18. The molecule has 0 aliphatic rings. The van der Waals surface area contributed by atoms with E-state index in [1.54, 1.807) is 12.1 Å². The highest BCUT2D eigenvalue weighted by Gasteiger charge is 2.12. The molecule has 16 heavy (non-hydrogen) atoms. The van der Waals surface area contributed by atoms with Crippen molar-refractivity contribution >= 4 is 23.2 Å². The van der Waals surface area contributed by atoms with E-state index < -0.39 is 0 Å². The van der Waals surface area contributed by atoms with Crippen LogP contribution < -0.4 is 5.32 Å². The molecule has 0 spiro atoms. The summed E-state index contributed by atoms with van der Waals surface area (Å²) in [5.74, 6) is -0.211. The Hall–Kier alpha value is -1.13. The number of aromatic nitrogens is 1. The minimum absolute atomic E-state index is 0.0173. The van der Waals surface area contributed by atoms with Crippen molar-refractivity contribution in [3.05, 3.63) is 23.5 Å². The second-order valence-electron chi connectivity index (χ2n) is 4.32. The van der Waals surface area contributed by atoms with Gasteiger partial charge in [-0.25, -0.2) is 4.98 Å². The van der Waals surface area contributed by atoms with Crippen LogP contribution in [0.15, 0.2) is 18.3 Å². The Labute approximate surface area is 100.0 Å². The fourth-order valence-corrected chi connectivity index (χ4v) is 1.13. The molecule has 0 saturated carbocycles. The first-order valence-corrected chi connectivity index (χ1v) is 5.30. The molecule has 1 N–H and O–H groups in total. The molecule has 0 aromatic carbocycles. The minimum atomic E-state index is -0.326. The predicted molar refractivity (Wildman–Crippen MR) is 63.6 cm³/mol. The molecular weight excluding hydrogens is 228 g/mol. The zero-order chi connectivity index (χ0) is 12.2. The second kappa shape index (κ2) is 5.27. The number of rotatable bonds is 3. The monoisotopic (exact) mass is 242 g/mol. The molecular formula is C11H15ClN2O2. The van der Waals surface area contributed by atoms with E-state index in [-0.39, 0.29) is 18.1 Å². The van der Waals surface area contributed by atoms with E-state index in [0.29, 0.717) is 10.8 Å². The van der Waals surface area contributed by atoms with Gasteiger partial charge in [-0.1, -0.05) is 11.6 Å². The summed E-state index contributed by atoms with van der Waals surface area (Å²) in [4.78, 5) is 15.3. The van der Waals surface area contributed by atoms with Gasteiger partial charge in [0.1, 0.15) is 11.8 Å². The number of carbonyl (C=O) groups excluding carboxylic acids is 1. The third-order valence-electron chi connectivity index (χ3n) is 1.65. The lowest BCUT2D eigenvalue weighted by molar-refractivity contribution is -0.125. The van der Waals surface area contributed by atoms with Crippen molar-refractivity contribution < 1.29 is 9.53 Å². The van der Waals surface area contributed by atoms with Gasteiger partial charge in [0.05, 0.1) is 5.60 Å². The van der Waals surface area contributed by atoms with Crippen LogP contribution in [0.2, 0.25) is 5.15 Å². The highest BCUT2D eigenvalue weighted by atomic mass is 35.5. The van der Waals surface area contributed by atoms with Gasteiger partial charge in [-0.2, -0.15) is 0 Å². The fourth-order valence-electron chi connectivity index (χ4n) is 0.959. The van der Waals surface area contributed by atoms with Gasteiger partial charge in [-0.15, -0.1) is 0 Å². The summed E-state index contributed by atoms with van der Waals surface area (Å²) in [6.45, 7) is 5.69. The maximum absolute atomic E-state index is 11.5. The second-order valence-corrected chi connectivity index (χ2v) is 4.70. The van der Waals surface area contributed by atoms with Gasteiger partial charge in [-0.3, -0.25) is 4.79 Å². The Morgan fingerprint density at radius 3 is 2.81 bits per heavy atom. The Morgan fingerprint density at radius 2 is 2.25 bits per heavy atom. The number of amides is 1. The summed E-state index contributed by atoms with van der Waals surface area (Å²) < 4.78 is 5.33. The molecule has 0 aliphatic heterocycles. The molecule has 1 heterocycles. The standard InChI is InChI=1S/C11H15ClN2O2/c1-11(2,3)16-7-10(15)14-8-4-5-13-9(12)6-8/h4-6H,7H2,1-3H3,(H,13,14,15). The molecule has 0 radical (unpaired) electrons. The van der Waals surface area contributed by atoms with E-state index in [2.05, 4.69) is 10.3 Å². The van der Waals surface area contributed by atoms with Crippen molar-refractivity contribution in [1.82, 2.24) is 4.98 Å². The number of ether oxygens (including phenoxy) is 1. The van der Waals surface area contributed by atoms with Crippen molar-refractivity contribution in [2.24, 2.45) is 0 Å². The van der Waals surface area contributed by atoms with Gasteiger partial charge in [0.15, 0.2) is 0 Å². The normalized spacial score (nSPS) is 11.2. The lowest BCUT2D eigenvalue weighted by Crippen LogP contribution is -2.27. The van der Waals surface area contributed by atoms with Crippen molar-refractivity contribution in [3.63, 3.8) is 0 Å². The SMILES string of the molecule is CC(C)(C)OCC(=O)Nc1ccnc(Cl)c1. The average molecular weight is 243 g/mol. The molecule has 0 atom stereocenters. The van der Waals surface area contributed by atoms with E-state index >= 15 is 0 Å². The number of carbonyl (C=O) groups is 1. The van der Waals surface area contributed by atoms with Crippen LogP contribution in [0.5, 0.6) is 0 Å². The van der Waals surface area contributed by atoms with Gasteiger partial charge in [-0.05, 0) is 32.9 Å². The Kier molecular flexibility index (Phi) is 4.26. The largest absolute Gasteiger partial charge is 0.366 e. The smallest absolute Gasteiger partial charge is 0.250 e. The van der Waals surface area contributed by atoms with Crippen LogP contribution in [0.4, 0.5) is 5.69 Å². The van der Waals surface area contributed by atoms with Crippen LogP contribution in [0.3, 0.4) is 0 Å². The van der Waals surface area contributed by atoms with Crippen LogP contribution in [0, 0.1) is 0 Å². The Balaban J connectivity index is 2.46. The Morgan fingerprint density at radius 1 is 1.56 bits per heavy atom. The van der Waals surface area contributed by atoms with E-state index in [1.807, 2.05) is 20.8 Å². The summed E-state index contributed by atoms with van der Waals surface area (Å²) >= 11 is 5.68. The minimum Gasteiger partial charge on any atom is -0.366 e. The first kappa shape index (κ1) is 12.9. The zero-order valence-electron chi connectivity index (χ0n) is 9.58. The van der Waals surface area contributed by atoms with Crippen LogP contribution in [0.25, 0.3) is 0 Å². The summed E-state index contributed by atoms with van der Waals surface area (Å²) in [6.07, 6.45) is 1.53. The first-order chi connectivity index (χ1) is 7.37. The summed E-state index contributed by atoms with van der Waals surface area (Å²) in [5.41, 5.74) is 0.287. The molecule has 1 aromatic rings. The van der Waals surface area contributed by atoms with Crippen LogP contribution in [-0.4, -0.2) is 23.1 Å². The maximum atomic E-state index is 11.5. The molecule has 1 amide bonds. The molecule has 0 bridgehead atoms. The number of anilines is 1. The average Bonchev–Trinajstić information content (AvgIpc) is 2.14. The van der Waals surface area contributed by atoms with Crippen molar-refractivity contribution in [2.45, 2.75) is 26.4 Å². The maximum Gasteiger partial charge on any atom is 0.250 e. The number of nitrogens with one attached hydrogen (secondary N) is 1. The highest BCUT2D eigenvalue weighted by Crippen LogP contribution is 2.12. The summed E-state index contributed by atoms with van der Waals surface area (Å²) in [6, 6.07) is 3.25. The van der Waals surface area contributed by atoms with Crippen molar-refractivity contribution in [1.29, 1.82) is 0 Å². The predicted octanol–water partition coefficient (Wildman–Crippen LogP) is 2.49. The molecule has 5 heteroatoms. The van der Waals surface area contributed by atoms with Gasteiger partial charge >= 0.3 is 0 Å². The number of halogens is 1. The highest BCUT2D eigenvalue weighted by molar-refractivity contribution is 6.29. The third kappa shape index (κ3) is 5.09. The van der Waals surface area contributed by atoms with E-state index in [9.17, 15) is 4.79 Å². The molecule has 4 nitrogen and oxygen atoms in total. The number of pyridine rings is 1. The van der Waals surface area contributed by atoms with E-state index in [1.165, 1.54) is 6.20 Å². The quantitative estimate of drug-likeness (QED) is 0.829. The van der Waals surface area contributed by atoms with Crippen molar-refractivity contribution in [3.8, 4) is 0 Å². The Bertz CT molecular complexity index is 374. The van der Waals surface area contributed by atoms with Crippen molar-refractivity contribution in [2.75, 3.05) is 11.9 Å². The first-order valence-electron chi connectivity index (χ1n) is 4.92. The lowest BCUT2D eigenvalue weighted by atomic mass is 10.2. The van der Waals surface area contributed by atoms with Gasteiger partial charge in [0.2, 0.25) is 5.91 Å². The number of nitrogens with zero attached hydrogens (tertiary/aromatic N) is 1. The topological polar surface area (TPSA) is 51.2 Å². The van der Waals surface area contributed by atoms with E-state index in [0.717, 1.165) is 0 Å². The fraction of sp³-hybridized carbons (Fsp3) is 0.455. The van der Waals surface area contributed by atoms with E-state index in [4.69, 9.17) is 16.3 Å².